The van der Waals surface area contributed by atoms with Crippen molar-refractivity contribution in [1.29, 1.82) is 5.26 Å². The van der Waals surface area contributed by atoms with E-state index >= 15 is 0 Å². The van der Waals surface area contributed by atoms with Crippen LogP contribution in [0.1, 0.15) is 64.7 Å². The minimum Gasteiger partial charge on any atom is -0.383 e. The van der Waals surface area contributed by atoms with Crippen molar-refractivity contribution in [2.75, 3.05) is 5.75 Å². The Bertz CT molecular complexity index is 995. The zero-order valence-corrected chi connectivity index (χ0v) is 20.5. The number of urea groups is 1. The Morgan fingerprint density at radius 1 is 1.30 bits per heavy atom. The van der Waals surface area contributed by atoms with Crippen LogP contribution in [0, 0.1) is 16.7 Å². The molecule has 10 heteroatoms. The maximum absolute atomic E-state index is 12.4. The number of nitrogens with one attached hydrogen (secondary N) is 3. The van der Waals surface area contributed by atoms with Gasteiger partial charge in [-0.15, -0.1) is 0 Å². The van der Waals surface area contributed by atoms with Crippen LogP contribution in [0.4, 0.5) is 4.79 Å². The van der Waals surface area contributed by atoms with Gasteiger partial charge in [0.25, 0.3) is 0 Å². The number of hydrogen-bond donors (Lipinski definition) is 4. The lowest BCUT2D eigenvalue weighted by atomic mass is 9.64. The third-order valence-electron chi connectivity index (χ3n) is 6.64. The summed E-state index contributed by atoms with van der Waals surface area (Å²) >= 11 is 2.75. The maximum atomic E-state index is 12.4. The lowest BCUT2D eigenvalue weighted by molar-refractivity contribution is -0.117. The molecule has 0 aromatic carbocycles. The highest BCUT2D eigenvalue weighted by Crippen LogP contribution is 2.54. The van der Waals surface area contributed by atoms with Gasteiger partial charge in [-0.1, -0.05) is 55.6 Å². The summed E-state index contributed by atoms with van der Waals surface area (Å²) in [4.78, 5) is 29.1. The van der Waals surface area contributed by atoms with Gasteiger partial charge in [-0.25, -0.2) is 9.79 Å². The molecule has 8 nitrogen and oxygen atoms in total. The molecule has 0 radical (unpaired) electrons. The number of carbonyl (C=O) groups excluding carboxylic acids is 2. The van der Waals surface area contributed by atoms with Gasteiger partial charge in [0.15, 0.2) is 0 Å². The number of allylic oxidation sites excluding steroid dienone is 2. The van der Waals surface area contributed by atoms with Crippen molar-refractivity contribution in [3.63, 3.8) is 0 Å². The summed E-state index contributed by atoms with van der Waals surface area (Å²) in [6.07, 6.45) is 8.89. The van der Waals surface area contributed by atoms with E-state index in [0.29, 0.717) is 16.4 Å². The molecule has 2 saturated carbocycles. The normalized spacial score (nSPS) is 24.7. The summed E-state index contributed by atoms with van der Waals surface area (Å²) in [5.74, 6) is -0.0231. The Morgan fingerprint density at radius 3 is 2.67 bits per heavy atom. The minimum atomic E-state index is -0.495. The van der Waals surface area contributed by atoms with Crippen molar-refractivity contribution in [2.24, 2.45) is 16.1 Å². The van der Waals surface area contributed by atoms with Gasteiger partial charge >= 0.3 is 6.03 Å². The smallest absolute Gasteiger partial charge is 0.321 e. The first kappa shape index (κ1) is 23.8. The van der Waals surface area contributed by atoms with E-state index in [1.807, 2.05) is 12.3 Å². The van der Waals surface area contributed by atoms with E-state index < -0.39 is 17.4 Å². The van der Waals surface area contributed by atoms with Crippen LogP contribution in [-0.4, -0.2) is 29.6 Å². The lowest BCUT2D eigenvalue weighted by Gasteiger charge is -2.42. The minimum absolute atomic E-state index is 0.00890. The molecule has 5 N–H and O–H groups in total. The molecule has 4 aliphatic rings. The molecule has 3 amide bonds. The summed E-state index contributed by atoms with van der Waals surface area (Å²) in [5, 5.41) is 22.3. The molecule has 0 atom stereocenters. The van der Waals surface area contributed by atoms with Crippen LogP contribution in [0.25, 0.3) is 0 Å². The van der Waals surface area contributed by atoms with Gasteiger partial charge in [0, 0.05) is 22.7 Å². The number of hydrogen-bond acceptors (Lipinski definition) is 8. The summed E-state index contributed by atoms with van der Waals surface area (Å²) in [6, 6.07) is 2.09. The number of amides is 3. The van der Waals surface area contributed by atoms with E-state index in [9.17, 15) is 14.9 Å². The molecule has 176 valence electrons. The van der Waals surface area contributed by atoms with Crippen LogP contribution >= 0.6 is 23.5 Å². The van der Waals surface area contributed by atoms with E-state index in [4.69, 9.17) is 5.73 Å². The molecular weight excluding hydrogens is 456 g/mol. The molecule has 0 aromatic rings. The van der Waals surface area contributed by atoms with Gasteiger partial charge in [-0.3, -0.25) is 10.1 Å². The highest BCUT2D eigenvalue weighted by Gasteiger charge is 2.47. The van der Waals surface area contributed by atoms with Crippen molar-refractivity contribution >= 4 is 41.3 Å². The molecule has 2 fully saturated rings. The number of carbonyl (C=O) groups is 2. The SMILES string of the molecule is CC1=CS/C(=C2\C(N)=NC(SCC(=O)NC(=O)NC3CCCC3)=C(C#N)C23CCCCC3)N1. The molecule has 2 heterocycles. The molecule has 1 spiro atoms. The molecule has 0 aromatic heterocycles. The van der Waals surface area contributed by atoms with Crippen LogP contribution in [0.2, 0.25) is 0 Å². The topological polar surface area (TPSA) is 132 Å². The zero-order valence-electron chi connectivity index (χ0n) is 18.8. The van der Waals surface area contributed by atoms with E-state index in [1.165, 1.54) is 11.8 Å². The first-order valence-electron chi connectivity index (χ1n) is 11.5. The number of nitrogens with zero attached hydrogens (tertiary/aromatic N) is 2. The quantitative estimate of drug-likeness (QED) is 0.473. The van der Waals surface area contributed by atoms with Gasteiger partial charge < -0.3 is 16.4 Å². The van der Waals surface area contributed by atoms with Gasteiger partial charge in [-0.2, -0.15) is 5.26 Å². The number of thioether (sulfide) groups is 2. The highest BCUT2D eigenvalue weighted by atomic mass is 32.2. The zero-order chi connectivity index (χ0) is 23.4. The van der Waals surface area contributed by atoms with Crippen LogP contribution in [-0.2, 0) is 4.79 Å². The van der Waals surface area contributed by atoms with Crippen molar-refractivity contribution < 1.29 is 9.59 Å². The highest BCUT2D eigenvalue weighted by molar-refractivity contribution is 8.06. The van der Waals surface area contributed by atoms with Crippen LogP contribution in [0.15, 0.2) is 37.3 Å². The average Bonchev–Trinajstić information content (AvgIpc) is 3.44. The third kappa shape index (κ3) is 5.09. The average molecular weight is 487 g/mol. The summed E-state index contributed by atoms with van der Waals surface area (Å²) < 4.78 is 0. The molecule has 0 saturated heterocycles. The standard InChI is InChI=1S/C23H30N6O2S2/c1-14-12-32-21(26-14)18-19(25)29-20(16(11-24)23(18)9-5-2-6-10-23)33-13-17(30)28-22(31)27-15-7-3-4-8-15/h12,15,26H,2-10,13H2,1H3,(H2,25,29)(H2,27,28,30,31)/b21-18+. The molecule has 2 aliphatic heterocycles. The molecule has 0 bridgehead atoms. The van der Waals surface area contributed by atoms with Crippen molar-refractivity contribution in [3.8, 4) is 6.07 Å². The second-order valence-electron chi connectivity index (χ2n) is 8.97. The number of rotatable bonds is 4. The second-order valence-corrected chi connectivity index (χ2v) is 10.8. The summed E-state index contributed by atoms with van der Waals surface area (Å²) in [6.45, 7) is 1.99. The van der Waals surface area contributed by atoms with Crippen molar-refractivity contribution in [1.82, 2.24) is 16.0 Å². The molecule has 33 heavy (non-hydrogen) atoms. The molecule has 0 unspecified atom stereocenters. The Labute approximate surface area is 203 Å². The van der Waals surface area contributed by atoms with Crippen LogP contribution < -0.4 is 21.7 Å². The first-order valence-corrected chi connectivity index (χ1v) is 13.4. The first-order chi connectivity index (χ1) is 15.9. The molecule has 2 aliphatic carbocycles. The monoisotopic (exact) mass is 486 g/mol. The lowest BCUT2D eigenvalue weighted by Crippen LogP contribution is -2.44. The van der Waals surface area contributed by atoms with Crippen LogP contribution in [0.3, 0.4) is 0 Å². The second kappa shape index (κ2) is 10.3. The molecular formula is C23H30N6O2S2. The van der Waals surface area contributed by atoms with Gasteiger partial charge in [0.2, 0.25) is 5.91 Å². The van der Waals surface area contributed by atoms with Crippen molar-refractivity contribution in [2.45, 2.75) is 70.8 Å². The van der Waals surface area contributed by atoms with E-state index in [2.05, 4.69) is 27.0 Å². The predicted molar refractivity (Wildman–Crippen MR) is 133 cm³/mol. The predicted octanol–water partition coefficient (Wildman–Crippen LogP) is 3.95. The Hall–Kier alpha value is -2.38. The number of imide groups is 1. The number of amidine groups is 1. The summed E-state index contributed by atoms with van der Waals surface area (Å²) in [7, 11) is 0. The van der Waals surface area contributed by atoms with Gasteiger partial charge in [0.05, 0.1) is 22.4 Å². The van der Waals surface area contributed by atoms with E-state index in [1.54, 1.807) is 11.8 Å². The Kier molecular flexibility index (Phi) is 7.39. The van der Waals surface area contributed by atoms with Crippen molar-refractivity contribution in [3.05, 3.63) is 32.3 Å². The van der Waals surface area contributed by atoms with E-state index in [-0.39, 0.29) is 11.8 Å². The Morgan fingerprint density at radius 2 is 2.03 bits per heavy atom. The third-order valence-corrected chi connectivity index (χ3v) is 8.63. The largest absolute Gasteiger partial charge is 0.383 e. The fraction of sp³-hybridized carbons (Fsp3) is 0.565. The van der Waals surface area contributed by atoms with Gasteiger partial charge in [0.1, 0.15) is 10.9 Å². The number of nitrogens with two attached hydrogens (primary N) is 1. The fourth-order valence-electron chi connectivity index (χ4n) is 5.14. The fourth-order valence-corrected chi connectivity index (χ4v) is 7.02. The van der Waals surface area contributed by atoms with Gasteiger partial charge in [-0.05, 0) is 38.0 Å². The van der Waals surface area contributed by atoms with Crippen LogP contribution in [0.5, 0.6) is 0 Å². The number of aliphatic imine (C=N–C) groups is 1. The van der Waals surface area contributed by atoms with E-state index in [0.717, 1.165) is 74.1 Å². The maximum Gasteiger partial charge on any atom is 0.321 e. The Balaban J connectivity index is 1.52. The molecule has 4 rings (SSSR count). The summed E-state index contributed by atoms with van der Waals surface area (Å²) in [5.41, 5.74) is 8.52. The number of nitriles is 1.